The smallest absolute Gasteiger partial charge is 0.225 e. The highest BCUT2D eigenvalue weighted by molar-refractivity contribution is 6.31. The maximum Gasteiger partial charge on any atom is 0.225 e. The SMILES string of the molecule is CCc1cnc(N2CCC(n3cc(F)c4c(Cc5ncccc5Cl)ncnc43)CC2)nc1. The van der Waals surface area contributed by atoms with Crippen molar-refractivity contribution in [3.8, 4) is 0 Å². The molecule has 0 aliphatic carbocycles. The van der Waals surface area contributed by atoms with Crippen LogP contribution in [0.4, 0.5) is 10.3 Å². The van der Waals surface area contributed by atoms with E-state index in [-0.39, 0.29) is 11.9 Å². The Balaban J connectivity index is 1.38. The molecule has 5 rings (SSSR count). The van der Waals surface area contributed by atoms with Crippen LogP contribution in [0.2, 0.25) is 5.02 Å². The van der Waals surface area contributed by atoms with E-state index in [2.05, 4.69) is 36.7 Å². The van der Waals surface area contributed by atoms with Crippen LogP contribution in [-0.4, -0.2) is 42.6 Å². The van der Waals surface area contributed by atoms with Crippen LogP contribution >= 0.6 is 11.6 Å². The lowest BCUT2D eigenvalue weighted by Crippen LogP contribution is -2.35. The molecule has 1 aliphatic heterocycles. The average molecular weight is 452 g/mol. The molecule has 7 nitrogen and oxygen atoms in total. The van der Waals surface area contributed by atoms with Crippen molar-refractivity contribution in [2.24, 2.45) is 0 Å². The number of pyridine rings is 1. The third-order valence-corrected chi connectivity index (χ3v) is 6.40. The number of hydrogen-bond acceptors (Lipinski definition) is 6. The van der Waals surface area contributed by atoms with E-state index in [1.165, 1.54) is 6.33 Å². The summed E-state index contributed by atoms with van der Waals surface area (Å²) >= 11 is 6.25. The van der Waals surface area contributed by atoms with E-state index in [9.17, 15) is 0 Å². The molecule has 32 heavy (non-hydrogen) atoms. The predicted molar refractivity (Wildman–Crippen MR) is 121 cm³/mol. The van der Waals surface area contributed by atoms with Crippen molar-refractivity contribution in [1.82, 2.24) is 29.5 Å². The van der Waals surface area contributed by atoms with E-state index in [0.29, 0.717) is 33.9 Å². The van der Waals surface area contributed by atoms with Crippen molar-refractivity contribution in [1.29, 1.82) is 0 Å². The molecule has 1 fully saturated rings. The van der Waals surface area contributed by atoms with Gasteiger partial charge in [-0.15, -0.1) is 0 Å². The molecule has 0 aromatic carbocycles. The van der Waals surface area contributed by atoms with Gasteiger partial charge < -0.3 is 9.47 Å². The molecule has 9 heteroatoms. The first-order valence-electron chi connectivity index (χ1n) is 10.8. The maximum absolute atomic E-state index is 15.1. The third-order valence-electron chi connectivity index (χ3n) is 6.05. The molecule has 0 unspecified atom stereocenters. The van der Waals surface area contributed by atoms with Crippen molar-refractivity contribution in [3.63, 3.8) is 0 Å². The summed E-state index contributed by atoms with van der Waals surface area (Å²) in [5.74, 6) is 0.435. The number of nitrogens with zero attached hydrogens (tertiary/aromatic N) is 7. The fourth-order valence-corrected chi connectivity index (χ4v) is 4.45. The minimum absolute atomic E-state index is 0.148. The number of aryl methyl sites for hydroxylation is 1. The first-order valence-corrected chi connectivity index (χ1v) is 11.2. The fraction of sp³-hybridized carbons (Fsp3) is 0.348. The molecule has 1 saturated heterocycles. The molecule has 0 radical (unpaired) electrons. The van der Waals surface area contributed by atoms with Gasteiger partial charge in [-0.3, -0.25) is 4.98 Å². The van der Waals surface area contributed by atoms with Crippen LogP contribution in [0, 0.1) is 5.82 Å². The molecule has 0 bridgehead atoms. The fourth-order valence-electron chi connectivity index (χ4n) is 4.26. The zero-order valence-electron chi connectivity index (χ0n) is 17.7. The van der Waals surface area contributed by atoms with Crippen LogP contribution in [0.25, 0.3) is 11.0 Å². The number of aromatic nitrogens is 6. The van der Waals surface area contributed by atoms with Gasteiger partial charge in [-0.2, -0.15) is 0 Å². The minimum Gasteiger partial charge on any atom is -0.341 e. The second-order valence-corrected chi connectivity index (χ2v) is 8.38. The van der Waals surface area contributed by atoms with Crippen LogP contribution in [-0.2, 0) is 12.8 Å². The highest BCUT2D eigenvalue weighted by Crippen LogP contribution is 2.31. The lowest BCUT2D eigenvalue weighted by molar-refractivity contribution is 0.398. The second kappa shape index (κ2) is 8.78. The first-order chi connectivity index (χ1) is 15.6. The quantitative estimate of drug-likeness (QED) is 0.447. The van der Waals surface area contributed by atoms with E-state index >= 15 is 4.39 Å². The standard InChI is InChI=1S/C23H23ClFN7/c1-2-15-11-27-23(28-12-15)31-8-5-16(6-9-31)32-13-18(25)21-20(29-14-30-22(21)32)10-19-17(24)4-3-7-26-19/h3-4,7,11-14,16H,2,5-6,8-10H2,1H3. The molecule has 4 aromatic heterocycles. The van der Waals surface area contributed by atoms with Crippen molar-refractivity contribution in [2.75, 3.05) is 18.0 Å². The number of anilines is 1. The molecule has 4 aromatic rings. The van der Waals surface area contributed by atoms with Crippen molar-refractivity contribution < 1.29 is 4.39 Å². The summed E-state index contributed by atoms with van der Waals surface area (Å²) in [4.78, 5) is 24.2. The van der Waals surface area contributed by atoms with E-state index in [1.54, 1.807) is 24.5 Å². The van der Waals surface area contributed by atoms with Gasteiger partial charge in [-0.25, -0.2) is 24.3 Å². The molecule has 0 atom stereocenters. The Morgan fingerprint density at radius 2 is 1.84 bits per heavy atom. The number of rotatable bonds is 5. The molecule has 0 amide bonds. The number of hydrogen-bond donors (Lipinski definition) is 0. The second-order valence-electron chi connectivity index (χ2n) is 7.98. The molecule has 5 heterocycles. The Morgan fingerprint density at radius 3 is 2.56 bits per heavy atom. The summed E-state index contributed by atoms with van der Waals surface area (Å²) in [6.45, 7) is 3.70. The van der Waals surface area contributed by atoms with Gasteiger partial charge >= 0.3 is 0 Å². The predicted octanol–water partition coefficient (Wildman–Crippen LogP) is 4.40. The molecule has 164 valence electrons. The molecule has 0 N–H and O–H groups in total. The van der Waals surface area contributed by atoms with E-state index in [1.807, 2.05) is 17.0 Å². The Labute approximate surface area is 190 Å². The van der Waals surface area contributed by atoms with Gasteiger partial charge in [0.1, 0.15) is 12.0 Å². The third kappa shape index (κ3) is 3.90. The Morgan fingerprint density at radius 1 is 1.06 bits per heavy atom. The monoisotopic (exact) mass is 451 g/mol. The van der Waals surface area contributed by atoms with Crippen LogP contribution < -0.4 is 4.90 Å². The molecule has 0 spiro atoms. The van der Waals surface area contributed by atoms with Gasteiger partial charge in [0.25, 0.3) is 0 Å². The summed E-state index contributed by atoms with van der Waals surface area (Å²) in [7, 11) is 0. The molecular weight excluding hydrogens is 429 g/mol. The molecular formula is C23H23ClFN7. The highest BCUT2D eigenvalue weighted by Gasteiger charge is 2.26. The van der Waals surface area contributed by atoms with Gasteiger partial charge in [0, 0.05) is 50.3 Å². The maximum atomic E-state index is 15.1. The minimum atomic E-state index is -0.316. The molecule has 1 aliphatic rings. The van der Waals surface area contributed by atoms with Gasteiger partial charge in [-0.05, 0) is 37.0 Å². The van der Waals surface area contributed by atoms with Crippen molar-refractivity contribution in [3.05, 3.63) is 71.0 Å². The van der Waals surface area contributed by atoms with Gasteiger partial charge in [-0.1, -0.05) is 18.5 Å². The van der Waals surface area contributed by atoms with E-state index in [4.69, 9.17) is 11.6 Å². The number of piperidine rings is 1. The Hall–Kier alpha value is -3.13. The zero-order valence-corrected chi connectivity index (χ0v) is 18.5. The van der Waals surface area contributed by atoms with Crippen molar-refractivity contribution >= 4 is 28.6 Å². The van der Waals surface area contributed by atoms with Crippen LogP contribution in [0.15, 0.2) is 43.2 Å². The average Bonchev–Trinajstić information content (AvgIpc) is 3.18. The van der Waals surface area contributed by atoms with Crippen molar-refractivity contribution in [2.45, 2.75) is 38.6 Å². The Bertz CT molecular complexity index is 1230. The highest BCUT2D eigenvalue weighted by atomic mass is 35.5. The summed E-state index contributed by atoms with van der Waals surface area (Å²) in [5, 5.41) is 0.982. The Kier molecular flexibility index (Phi) is 5.70. The largest absolute Gasteiger partial charge is 0.341 e. The van der Waals surface area contributed by atoms with Gasteiger partial charge in [0.2, 0.25) is 5.95 Å². The number of fused-ring (bicyclic) bond motifs is 1. The van der Waals surface area contributed by atoms with Crippen LogP contribution in [0.5, 0.6) is 0 Å². The van der Waals surface area contributed by atoms with Gasteiger partial charge in [0.15, 0.2) is 5.82 Å². The molecule has 0 saturated carbocycles. The lowest BCUT2D eigenvalue weighted by atomic mass is 10.1. The summed E-state index contributed by atoms with van der Waals surface area (Å²) in [5.41, 5.74) is 3.00. The van der Waals surface area contributed by atoms with Gasteiger partial charge in [0.05, 0.1) is 21.8 Å². The summed E-state index contributed by atoms with van der Waals surface area (Å²) in [6, 6.07) is 3.69. The van der Waals surface area contributed by atoms with E-state index < -0.39 is 0 Å². The number of halogens is 2. The van der Waals surface area contributed by atoms with Crippen LogP contribution in [0.3, 0.4) is 0 Å². The normalized spacial score (nSPS) is 14.9. The topological polar surface area (TPSA) is 72.6 Å². The summed E-state index contributed by atoms with van der Waals surface area (Å²) < 4.78 is 17.0. The summed E-state index contributed by atoms with van der Waals surface area (Å²) in [6.07, 6.45) is 11.5. The zero-order chi connectivity index (χ0) is 22.1. The van der Waals surface area contributed by atoms with E-state index in [0.717, 1.165) is 43.9 Å². The first kappa shape index (κ1) is 20.8. The van der Waals surface area contributed by atoms with Crippen LogP contribution in [0.1, 0.15) is 42.8 Å². The lowest BCUT2D eigenvalue weighted by Gasteiger charge is -2.32.